The van der Waals surface area contributed by atoms with Crippen molar-refractivity contribution in [1.82, 2.24) is 14.9 Å². The zero-order chi connectivity index (χ0) is 18.9. The second kappa shape index (κ2) is 6.98. The van der Waals surface area contributed by atoms with Crippen molar-refractivity contribution >= 4 is 44.8 Å². The minimum absolute atomic E-state index is 0.322. The van der Waals surface area contributed by atoms with Crippen LogP contribution in [-0.4, -0.2) is 43.8 Å². The lowest BCUT2D eigenvalue weighted by atomic mass is 10.1. The molecule has 10 heteroatoms. The molecule has 0 aliphatic heterocycles. The van der Waals surface area contributed by atoms with Gasteiger partial charge in [0.15, 0.2) is 5.60 Å². The van der Waals surface area contributed by atoms with E-state index in [-0.39, 0.29) is 12.1 Å². The molecule has 3 aromatic heterocycles. The van der Waals surface area contributed by atoms with Gasteiger partial charge in [-0.3, -0.25) is 14.2 Å². The van der Waals surface area contributed by atoms with Gasteiger partial charge in [-0.25, -0.2) is 9.78 Å². The molecule has 26 heavy (non-hydrogen) atoms. The minimum atomic E-state index is -2.08. The van der Waals surface area contributed by atoms with Crippen molar-refractivity contribution in [2.45, 2.75) is 19.1 Å². The molecule has 0 spiro atoms. The SMILES string of the molecule is CC(O)(CNC(=O)Cn1cnc2scc(-c3cccs3)c2c1=O)C(=O)O. The third-order valence-electron chi connectivity index (χ3n) is 3.75. The molecule has 3 aromatic rings. The molecule has 3 N–H and O–H groups in total. The fraction of sp³-hybridized carbons (Fsp3) is 0.250. The number of carbonyl (C=O) groups is 2. The highest BCUT2D eigenvalue weighted by Crippen LogP contribution is 2.33. The van der Waals surface area contributed by atoms with E-state index in [2.05, 4.69) is 10.3 Å². The number of carboxylic acid groups (broad SMARTS) is 1. The lowest BCUT2D eigenvalue weighted by Crippen LogP contribution is -2.47. The summed E-state index contributed by atoms with van der Waals surface area (Å²) in [6.45, 7) is 0.287. The van der Waals surface area contributed by atoms with Crippen molar-refractivity contribution < 1.29 is 19.8 Å². The van der Waals surface area contributed by atoms with Crippen molar-refractivity contribution in [3.05, 3.63) is 39.6 Å². The van der Waals surface area contributed by atoms with Crippen molar-refractivity contribution in [3.63, 3.8) is 0 Å². The summed E-state index contributed by atoms with van der Waals surface area (Å²) in [5, 5.41) is 25.0. The fourth-order valence-electron chi connectivity index (χ4n) is 2.25. The normalized spacial score (nSPS) is 13.5. The van der Waals surface area contributed by atoms with Gasteiger partial charge in [-0.2, -0.15) is 0 Å². The lowest BCUT2D eigenvalue weighted by Gasteiger charge is -2.18. The largest absolute Gasteiger partial charge is 0.479 e. The molecule has 0 fully saturated rings. The van der Waals surface area contributed by atoms with Crippen LogP contribution in [0.3, 0.4) is 0 Å². The number of amides is 1. The zero-order valence-electron chi connectivity index (χ0n) is 13.6. The Labute approximate surface area is 155 Å². The van der Waals surface area contributed by atoms with Crippen LogP contribution in [0.5, 0.6) is 0 Å². The highest BCUT2D eigenvalue weighted by molar-refractivity contribution is 7.18. The van der Waals surface area contributed by atoms with E-state index in [1.807, 2.05) is 22.9 Å². The first-order valence-corrected chi connectivity index (χ1v) is 9.28. The molecule has 136 valence electrons. The number of carboxylic acids is 1. The predicted molar refractivity (Wildman–Crippen MR) is 98.5 cm³/mol. The second-order valence-electron chi connectivity index (χ2n) is 5.84. The number of aromatic nitrogens is 2. The van der Waals surface area contributed by atoms with Crippen LogP contribution in [-0.2, 0) is 16.1 Å². The average molecular weight is 393 g/mol. The number of rotatable bonds is 6. The number of aliphatic hydroxyl groups is 1. The van der Waals surface area contributed by atoms with E-state index in [1.165, 1.54) is 29.0 Å². The van der Waals surface area contributed by atoms with Gasteiger partial charge in [0.2, 0.25) is 5.91 Å². The van der Waals surface area contributed by atoms with Crippen LogP contribution in [0.4, 0.5) is 0 Å². The van der Waals surface area contributed by atoms with Crippen LogP contribution >= 0.6 is 22.7 Å². The molecule has 0 aliphatic carbocycles. The third kappa shape index (κ3) is 3.52. The number of thiophene rings is 2. The maximum absolute atomic E-state index is 12.8. The van der Waals surface area contributed by atoms with Gasteiger partial charge in [0.05, 0.1) is 18.3 Å². The van der Waals surface area contributed by atoms with Crippen molar-refractivity contribution in [2.24, 2.45) is 0 Å². The van der Waals surface area contributed by atoms with E-state index in [0.29, 0.717) is 10.2 Å². The Balaban J connectivity index is 1.84. The first-order valence-electron chi connectivity index (χ1n) is 7.52. The molecule has 0 radical (unpaired) electrons. The molecular formula is C16H15N3O5S2. The van der Waals surface area contributed by atoms with Crippen molar-refractivity contribution in [2.75, 3.05) is 6.54 Å². The van der Waals surface area contributed by atoms with Crippen LogP contribution in [0.25, 0.3) is 20.7 Å². The molecule has 0 bridgehead atoms. The molecule has 3 rings (SSSR count). The summed E-state index contributed by atoms with van der Waals surface area (Å²) in [6, 6.07) is 3.80. The lowest BCUT2D eigenvalue weighted by molar-refractivity contribution is -0.156. The number of fused-ring (bicyclic) bond motifs is 1. The first kappa shape index (κ1) is 18.2. The molecule has 0 saturated heterocycles. The summed E-state index contributed by atoms with van der Waals surface area (Å²) in [5.74, 6) is -2.04. The van der Waals surface area contributed by atoms with Crippen molar-refractivity contribution in [1.29, 1.82) is 0 Å². The summed E-state index contributed by atoms with van der Waals surface area (Å²) in [5.41, 5.74) is -1.65. The van der Waals surface area contributed by atoms with Gasteiger partial charge < -0.3 is 15.5 Å². The Morgan fingerprint density at radius 3 is 2.81 bits per heavy atom. The molecule has 0 aromatic carbocycles. The third-order valence-corrected chi connectivity index (χ3v) is 5.54. The van der Waals surface area contributed by atoms with Gasteiger partial charge in [0, 0.05) is 15.8 Å². The minimum Gasteiger partial charge on any atom is -0.479 e. The van der Waals surface area contributed by atoms with Crippen LogP contribution in [0.1, 0.15) is 6.92 Å². The van der Waals surface area contributed by atoms with Crippen LogP contribution in [0.15, 0.2) is 34.0 Å². The highest BCUT2D eigenvalue weighted by Gasteiger charge is 2.30. The molecule has 0 saturated carbocycles. The van der Waals surface area contributed by atoms with Gasteiger partial charge in [0.25, 0.3) is 5.56 Å². The number of hydrogen-bond acceptors (Lipinski definition) is 7. The number of nitrogens with zero attached hydrogens (tertiary/aromatic N) is 2. The summed E-state index contributed by atoms with van der Waals surface area (Å²) in [7, 11) is 0. The van der Waals surface area contributed by atoms with Crippen LogP contribution in [0.2, 0.25) is 0 Å². The van der Waals surface area contributed by atoms with E-state index in [0.717, 1.165) is 21.9 Å². The molecule has 1 atom stereocenters. The fourth-order valence-corrected chi connectivity index (χ4v) is 3.97. The standard InChI is InChI=1S/C16H15N3O5S2/c1-16(24,15(22)23)7-17-11(20)5-19-8-18-13-12(14(19)21)9(6-26-13)10-3-2-4-25-10/h2-4,6,8,24H,5,7H2,1H3,(H,17,20)(H,22,23). The Hall–Kier alpha value is -2.56. The summed E-state index contributed by atoms with van der Waals surface area (Å²) in [4.78, 5) is 41.4. The Morgan fingerprint density at radius 1 is 1.38 bits per heavy atom. The first-order chi connectivity index (χ1) is 12.3. The van der Waals surface area contributed by atoms with E-state index >= 15 is 0 Å². The molecule has 0 aliphatic rings. The predicted octanol–water partition coefficient (Wildman–Crippen LogP) is 1.14. The second-order valence-corrected chi connectivity index (χ2v) is 7.65. The Kier molecular flexibility index (Phi) is 4.90. The molecule has 1 amide bonds. The Bertz CT molecular complexity index is 1020. The monoisotopic (exact) mass is 393 g/mol. The summed E-state index contributed by atoms with van der Waals surface area (Å²) < 4.78 is 1.16. The molecular weight excluding hydrogens is 378 g/mol. The number of carbonyl (C=O) groups excluding carboxylic acids is 1. The maximum atomic E-state index is 12.8. The van der Waals surface area contributed by atoms with Crippen LogP contribution < -0.4 is 10.9 Å². The van der Waals surface area contributed by atoms with E-state index in [1.54, 1.807) is 0 Å². The zero-order valence-corrected chi connectivity index (χ0v) is 15.3. The van der Waals surface area contributed by atoms with E-state index in [4.69, 9.17) is 5.11 Å². The molecule has 8 nitrogen and oxygen atoms in total. The smallest absolute Gasteiger partial charge is 0.337 e. The van der Waals surface area contributed by atoms with Crippen LogP contribution in [0, 0.1) is 0 Å². The number of nitrogens with one attached hydrogen (secondary N) is 1. The van der Waals surface area contributed by atoms with Gasteiger partial charge in [0.1, 0.15) is 11.4 Å². The summed E-state index contributed by atoms with van der Waals surface area (Å²) >= 11 is 2.86. The Morgan fingerprint density at radius 2 is 2.15 bits per heavy atom. The maximum Gasteiger partial charge on any atom is 0.337 e. The van der Waals surface area contributed by atoms with Gasteiger partial charge in [-0.1, -0.05) is 6.07 Å². The average Bonchev–Trinajstić information content (AvgIpc) is 3.24. The van der Waals surface area contributed by atoms with Gasteiger partial charge in [-0.15, -0.1) is 22.7 Å². The topological polar surface area (TPSA) is 122 Å². The molecule has 1 unspecified atom stereocenters. The molecule has 3 heterocycles. The highest BCUT2D eigenvalue weighted by atomic mass is 32.1. The quantitative estimate of drug-likeness (QED) is 0.577. The van der Waals surface area contributed by atoms with E-state index in [9.17, 15) is 19.5 Å². The van der Waals surface area contributed by atoms with Crippen molar-refractivity contribution in [3.8, 4) is 10.4 Å². The van der Waals surface area contributed by atoms with Gasteiger partial charge in [-0.05, 0) is 18.4 Å². The summed E-state index contributed by atoms with van der Waals surface area (Å²) in [6.07, 6.45) is 1.29. The van der Waals surface area contributed by atoms with E-state index < -0.39 is 24.0 Å². The number of aliphatic carboxylic acids is 1. The number of hydrogen-bond donors (Lipinski definition) is 3. The van der Waals surface area contributed by atoms with Gasteiger partial charge >= 0.3 is 5.97 Å².